The van der Waals surface area contributed by atoms with E-state index in [9.17, 15) is 4.79 Å². The Hall–Kier alpha value is -3.12. The molecule has 7 heteroatoms. The normalized spacial score (nSPS) is 13.8. The summed E-state index contributed by atoms with van der Waals surface area (Å²) in [5.41, 5.74) is 5.25. The summed E-state index contributed by atoms with van der Waals surface area (Å²) in [6, 6.07) is 12.8. The second-order valence-electron chi connectivity index (χ2n) is 7.41. The standard InChI is InChI=1S/C22H19ClN4O2/c1-12-20(23)13(2)27(26-12)17-8-5-14(6-9-17)21(28)24-16-7-10-19-18(11-16)25-22(29-19)15-3-4-15/h5-11,15H,3-4H2,1-2H3,(H,24,28). The van der Waals surface area contributed by atoms with Crippen molar-refractivity contribution in [2.24, 2.45) is 0 Å². The van der Waals surface area contributed by atoms with Gasteiger partial charge < -0.3 is 9.73 Å². The number of halogens is 1. The molecule has 0 radical (unpaired) electrons. The second kappa shape index (κ2) is 6.74. The molecule has 2 aromatic carbocycles. The van der Waals surface area contributed by atoms with Gasteiger partial charge in [-0.05, 0) is 69.2 Å². The number of carbonyl (C=O) groups is 1. The Bertz CT molecular complexity index is 1240. The van der Waals surface area contributed by atoms with Crippen molar-refractivity contribution in [3.8, 4) is 5.69 Å². The number of aryl methyl sites for hydroxylation is 1. The van der Waals surface area contributed by atoms with E-state index in [0.29, 0.717) is 22.2 Å². The van der Waals surface area contributed by atoms with Gasteiger partial charge in [-0.15, -0.1) is 0 Å². The topological polar surface area (TPSA) is 73.0 Å². The number of fused-ring (bicyclic) bond motifs is 1. The molecule has 5 rings (SSSR count). The molecular weight excluding hydrogens is 388 g/mol. The predicted octanol–water partition coefficient (Wildman–Crippen LogP) is 5.41. The molecule has 2 aromatic heterocycles. The fraction of sp³-hybridized carbons (Fsp3) is 0.227. The van der Waals surface area contributed by atoms with Crippen LogP contribution < -0.4 is 5.32 Å². The third-order valence-corrected chi connectivity index (χ3v) is 5.71. The summed E-state index contributed by atoms with van der Waals surface area (Å²) < 4.78 is 7.54. The van der Waals surface area contributed by atoms with Gasteiger partial charge >= 0.3 is 0 Å². The zero-order valence-electron chi connectivity index (χ0n) is 16.1. The number of carbonyl (C=O) groups excluding carboxylic acids is 1. The molecule has 4 aromatic rings. The van der Waals surface area contributed by atoms with Gasteiger partial charge in [-0.3, -0.25) is 4.79 Å². The molecule has 146 valence electrons. The third kappa shape index (κ3) is 3.29. The maximum absolute atomic E-state index is 12.6. The molecule has 1 fully saturated rings. The van der Waals surface area contributed by atoms with Gasteiger partial charge in [0.15, 0.2) is 11.5 Å². The number of nitrogens with zero attached hydrogens (tertiary/aromatic N) is 3. The summed E-state index contributed by atoms with van der Waals surface area (Å²) in [4.78, 5) is 17.2. The van der Waals surface area contributed by atoms with Crippen LogP contribution in [0.15, 0.2) is 46.9 Å². The average molecular weight is 407 g/mol. The quantitative estimate of drug-likeness (QED) is 0.491. The Morgan fingerprint density at radius 3 is 2.59 bits per heavy atom. The molecule has 1 saturated carbocycles. The number of hydrogen-bond donors (Lipinski definition) is 1. The lowest BCUT2D eigenvalue weighted by Gasteiger charge is -2.07. The highest BCUT2D eigenvalue weighted by Crippen LogP contribution is 2.40. The van der Waals surface area contributed by atoms with E-state index in [0.717, 1.165) is 46.9 Å². The molecular formula is C22H19ClN4O2. The van der Waals surface area contributed by atoms with Crippen LogP contribution in [0.3, 0.4) is 0 Å². The van der Waals surface area contributed by atoms with Crippen molar-refractivity contribution in [1.82, 2.24) is 14.8 Å². The monoisotopic (exact) mass is 406 g/mol. The molecule has 1 N–H and O–H groups in total. The van der Waals surface area contributed by atoms with Crippen LogP contribution in [0.2, 0.25) is 5.02 Å². The number of nitrogens with one attached hydrogen (secondary N) is 1. The van der Waals surface area contributed by atoms with Gasteiger partial charge in [-0.1, -0.05) is 11.6 Å². The first-order valence-electron chi connectivity index (χ1n) is 9.53. The summed E-state index contributed by atoms with van der Waals surface area (Å²) in [5.74, 6) is 1.06. The van der Waals surface area contributed by atoms with Crippen molar-refractivity contribution in [2.45, 2.75) is 32.6 Å². The fourth-order valence-electron chi connectivity index (χ4n) is 3.36. The van der Waals surface area contributed by atoms with Crippen molar-refractivity contribution in [2.75, 3.05) is 5.32 Å². The highest BCUT2D eigenvalue weighted by Gasteiger charge is 2.28. The largest absolute Gasteiger partial charge is 0.440 e. The van der Waals surface area contributed by atoms with E-state index >= 15 is 0 Å². The van der Waals surface area contributed by atoms with Crippen molar-refractivity contribution in [3.05, 3.63) is 70.3 Å². The number of oxazole rings is 1. The minimum absolute atomic E-state index is 0.187. The van der Waals surface area contributed by atoms with Crippen LogP contribution in [-0.2, 0) is 0 Å². The summed E-state index contributed by atoms with van der Waals surface area (Å²) in [7, 11) is 0. The van der Waals surface area contributed by atoms with Crippen molar-refractivity contribution in [3.63, 3.8) is 0 Å². The summed E-state index contributed by atoms with van der Waals surface area (Å²) in [6.07, 6.45) is 2.27. The maximum atomic E-state index is 12.6. The Balaban J connectivity index is 1.35. The lowest BCUT2D eigenvalue weighted by molar-refractivity contribution is 0.102. The van der Waals surface area contributed by atoms with E-state index in [1.54, 1.807) is 16.8 Å². The Labute approximate surface area is 172 Å². The lowest BCUT2D eigenvalue weighted by atomic mass is 10.2. The minimum atomic E-state index is -0.187. The molecule has 0 aliphatic heterocycles. The molecule has 1 aliphatic rings. The molecule has 6 nitrogen and oxygen atoms in total. The Kier molecular flexibility index (Phi) is 4.17. The van der Waals surface area contributed by atoms with E-state index in [-0.39, 0.29) is 5.91 Å². The van der Waals surface area contributed by atoms with Crippen molar-refractivity contribution >= 4 is 34.3 Å². The summed E-state index contributed by atoms with van der Waals surface area (Å²) >= 11 is 6.22. The van der Waals surface area contributed by atoms with Gasteiger partial charge in [0.2, 0.25) is 0 Å². The van der Waals surface area contributed by atoms with Crippen LogP contribution in [0.5, 0.6) is 0 Å². The first kappa shape index (κ1) is 17.9. The zero-order chi connectivity index (χ0) is 20.1. The molecule has 0 spiro atoms. The minimum Gasteiger partial charge on any atom is -0.440 e. The zero-order valence-corrected chi connectivity index (χ0v) is 16.8. The smallest absolute Gasteiger partial charge is 0.255 e. The van der Waals surface area contributed by atoms with E-state index in [1.807, 2.05) is 44.2 Å². The summed E-state index contributed by atoms with van der Waals surface area (Å²) in [6.45, 7) is 3.78. The Morgan fingerprint density at radius 1 is 1.17 bits per heavy atom. The molecule has 0 atom stereocenters. The summed E-state index contributed by atoms with van der Waals surface area (Å²) in [5, 5.41) is 8.02. The average Bonchev–Trinajstić information content (AvgIpc) is 3.44. The van der Waals surface area contributed by atoms with E-state index in [2.05, 4.69) is 15.4 Å². The first-order valence-corrected chi connectivity index (χ1v) is 9.91. The maximum Gasteiger partial charge on any atom is 0.255 e. The highest BCUT2D eigenvalue weighted by atomic mass is 35.5. The van der Waals surface area contributed by atoms with Crippen LogP contribution in [0, 0.1) is 13.8 Å². The Morgan fingerprint density at radius 2 is 1.93 bits per heavy atom. The van der Waals surface area contributed by atoms with Crippen LogP contribution in [0.4, 0.5) is 5.69 Å². The third-order valence-electron chi connectivity index (χ3n) is 5.17. The molecule has 1 aliphatic carbocycles. The molecule has 1 amide bonds. The number of benzene rings is 2. The second-order valence-corrected chi connectivity index (χ2v) is 7.78. The van der Waals surface area contributed by atoms with E-state index in [4.69, 9.17) is 16.0 Å². The first-order chi connectivity index (χ1) is 14.0. The number of rotatable bonds is 4. The predicted molar refractivity (Wildman–Crippen MR) is 112 cm³/mol. The number of amides is 1. The SMILES string of the molecule is Cc1nn(-c2ccc(C(=O)Nc3ccc4oc(C5CC5)nc4c3)cc2)c(C)c1Cl. The van der Waals surface area contributed by atoms with Crippen molar-refractivity contribution < 1.29 is 9.21 Å². The fourth-order valence-corrected chi connectivity index (χ4v) is 3.48. The molecule has 0 saturated heterocycles. The van der Waals surface area contributed by atoms with E-state index < -0.39 is 0 Å². The van der Waals surface area contributed by atoms with Gasteiger partial charge in [-0.25, -0.2) is 9.67 Å². The van der Waals surface area contributed by atoms with Crippen molar-refractivity contribution in [1.29, 1.82) is 0 Å². The number of hydrogen-bond acceptors (Lipinski definition) is 4. The number of anilines is 1. The molecule has 0 bridgehead atoms. The molecule has 29 heavy (non-hydrogen) atoms. The van der Waals surface area contributed by atoms with Crippen LogP contribution >= 0.6 is 11.6 Å². The molecule has 2 heterocycles. The van der Waals surface area contributed by atoms with Gasteiger partial charge in [0.25, 0.3) is 5.91 Å². The number of aromatic nitrogens is 3. The van der Waals surface area contributed by atoms with Crippen LogP contribution in [-0.4, -0.2) is 20.7 Å². The lowest BCUT2D eigenvalue weighted by Crippen LogP contribution is -2.12. The van der Waals surface area contributed by atoms with Crippen LogP contribution in [0.25, 0.3) is 16.8 Å². The van der Waals surface area contributed by atoms with Gasteiger partial charge in [0.05, 0.1) is 22.1 Å². The van der Waals surface area contributed by atoms with Gasteiger partial charge in [0.1, 0.15) is 5.52 Å². The van der Waals surface area contributed by atoms with Gasteiger partial charge in [-0.2, -0.15) is 5.10 Å². The molecule has 0 unspecified atom stereocenters. The van der Waals surface area contributed by atoms with E-state index in [1.165, 1.54) is 0 Å². The highest BCUT2D eigenvalue weighted by molar-refractivity contribution is 6.31. The van der Waals surface area contributed by atoms with Gasteiger partial charge in [0, 0.05) is 17.2 Å². The van der Waals surface area contributed by atoms with Crippen LogP contribution in [0.1, 0.15) is 46.4 Å².